The van der Waals surface area contributed by atoms with Crippen molar-refractivity contribution in [3.05, 3.63) is 24.0 Å². The van der Waals surface area contributed by atoms with Crippen molar-refractivity contribution in [2.45, 2.75) is 53.2 Å². The average Bonchev–Trinajstić information content (AvgIpc) is 2.64. The first-order valence-corrected chi connectivity index (χ1v) is 6.34. The molecule has 2 nitrogen and oxygen atoms in total. The Morgan fingerprint density at radius 3 is 2.50 bits per heavy atom. The predicted octanol–water partition coefficient (Wildman–Crippen LogP) is 3.61. The number of aliphatic hydroxyl groups excluding tert-OH is 1. The van der Waals surface area contributed by atoms with Crippen molar-refractivity contribution in [1.29, 1.82) is 0 Å². The van der Waals surface area contributed by atoms with Crippen LogP contribution in [-0.4, -0.2) is 9.67 Å². The minimum Gasteiger partial charge on any atom is -0.388 e. The van der Waals surface area contributed by atoms with E-state index in [4.69, 9.17) is 0 Å². The van der Waals surface area contributed by atoms with Gasteiger partial charge in [-0.25, -0.2) is 0 Å². The van der Waals surface area contributed by atoms with Crippen LogP contribution in [0.1, 0.15) is 52.2 Å². The lowest BCUT2D eigenvalue weighted by Crippen LogP contribution is -2.04. The monoisotopic (exact) mass is 223 g/mol. The zero-order valence-electron chi connectivity index (χ0n) is 11.0. The third-order valence-corrected chi connectivity index (χ3v) is 2.94. The molecule has 1 aromatic heterocycles. The Morgan fingerprint density at radius 2 is 1.94 bits per heavy atom. The molecule has 1 N–H and O–H groups in total. The number of rotatable bonds is 6. The summed E-state index contributed by atoms with van der Waals surface area (Å²) in [6, 6.07) is 2.03. The molecule has 0 aliphatic carbocycles. The van der Waals surface area contributed by atoms with E-state index in [2.05, 4.69) is 30.8 Å². The Morgan fingerprint density at radius 1 is 1.25 bits per heavy atom. The second-order valence-corrected chi connectivity index (χ2v) is 5.41. The van der Waals surface area contributed by atoms with Crippen LogP contribution in [0, 0.1) is 11.8 Å². The Kier molecular flexibility index (Phi) is 5.07. The van der Waals surface area contributed by atoms with E-state index in [-0.39, 0.29) is 12.0 Å². The highest BCUT2D eigenvalue weighted by molar-refractivity contribution is 5.13. The molecule has 0 radical (unpaired) electrons. The first-order valence-electron chi connectivity index (χ1n) is 6.34. The molecule has 0 aromatic carbocycles. The first-order chi connectivity index (χ1) is 7.50. The fraction of sp³-hybridized carbons (Fsp3) is 0.714. The molecule has 16 heavy (non-hydrogen) atoms. The fourth-order valence-electron chi connectivity index (χ4n) is 1.84. The van der Waals surface area contributed by atoms with Gasteiger partial charge in [0.15, 0.2) is 0 Å². The molecule has 1 unspecified atom stereocenters. The number of aryl methyl sites for hydroxylation is 1. The molecule has 1 heterocycles. The zero-order chi connectivity index (χ0) is 12.1. The van der Waals surface area contributed by atoms with Gasteiger partial charge in [0.2, 0.25) is 0 Å². The van der Waals surface area contributed by atoms with Gasteiger partial charge < -0.3 is 9.67 Å². The third kappa shape index (κ3) is 4.01. The summed E-state index contributed by atoms with van der Waals surface area (Å²) < 4.78 is 2.18. The first kappa shape index (κ1) is 13.3. The quantitative estimate of drug-likeness (QED) is 0.783. The van der Waals surface area contributed by atoms with Crippen LogP contribution in [0.15, 0.2) is 18.5 Å². The largest absolute Gasteiger partial charge is 0.388 e. The topological polar surface area (TPSA) is 25.2 Å². The van der Waals surface area contributed by atoms with E-state index < -0.39 is 0 Å². The van der Waals surface area contributed by atoms with Gasteiger partial charge in [0.25, 0.3) is 0 Å². The molecular formula is C14H25NO. The maximum absolute atomic E-state index is 9.91. The van der Waals surface area contributed by atoms with Crippen LogP contribution in [0.3, 0.4) is 0 Å². The van der Waals surface area contributed by atoms with Crippen LogP contribution >= 0.6 is 0 Å². The summed E-state index contributed by atoms with van der Waals surface area (Å²) in [6.45, 7) is 9.65. The van der Waals surface area contributed by atoms with Gasteiger partial charge in [-0.3, -0.25) is 0 Å². The molecule has 0 amide bonds. The molecule has 0 aliphatic rings. The van der Waals surface area contributed by atoms with Crippen molar-refractivity contribution in [1.82, 2.24) is 4.57 Å². The normalized spacial score (nSPS) is 13.7. The van der Waals surface area contributed by atoms with Crippen LogP contribution in [-0.2, 0) is 6.54 Å². The SMILES string of the molecule is CC(C)CCCn1ccc(C(O)C(C)C)c1. The summed E-state index contributed by atoms with van der Waals surface area (Å²) in [5.74, 6) is 1.06. The van der Waals surface area contributed by atoms with Crippen molar-refractivity contribution in [2.24, 2.45) is 11.8 Å². The van der Waals surface area contributed by atoms with Gasteiger partial charge >= 0.3 is 0 Å². The van der Waals surface area contributed by atoms with Gasteiger partial charge in [0, 0.05) is 18.9 Å². The van der Waals surface area contributed by atoms with E-state index >= 15 is 0 Å². The van der Waals surface area contributed by atoms with Crippen LogP contribution in [0.2, 0.25) is 0 Å². The number of hydrogen-bond acceptors (Lipinski definition) is 1. The van der Waals surface area contributed by atoms with Crippen molar-refractivity contribution >= 4 is 0 Å². The fourth-order valence-corrected chi connectivity index (χ4v) is 1.84. The Labute approximate surface area is 99.3 Å². The molecule has 1 aromatic rings. The van der Waals surface area contributed by atoms with Gasteiger partial charge in [-0.15, -0.1) is 0 Å². The smallest absolute Gasteiger partial charge is 0.0827 e. The lowest BCUT2D eigenvalue weighted by Gasteiger charge is -2.12. The summed E-state index contributed by atoms with van der Waals surface area (Å²) >= 11 is 0. The maximum Gasteiger partial charge on any atom is 0.0827 e. The lowest BCUT2D eigenvalue weighted by molar-refractivity contribution is 0.127. The molecule has 0 saturated carbocycles. The van der Waals surface area contributed by atoms with Crippen molar-refractivity contribution in [2.75, 3.05) is 0 Å². The van der Waals surface area contributed by atoms with Crippen molar-refractivity contribution in [3.8, 4) is 0 Å². The van der Waals surface area contributed by atoms with Gasteiger partial charge in [-0.05, 0) is 36.3 Å². The summed E-state index contributed by atoms with van der Waals surface area (Å²) in [5.41, 5.74) is 1.04. The summed E-state index contributed by atoms with van der Waals surface area (Å²) in [6.07, 6.45) is 6.29. The Balaban J connectivity index is 2.45. The highest BCUT2D eigenvalue weighted by atomic mass is 16.3. The molecule has 0 fully saturated rings. The van der Waals surface area contributed by atoms with E-state index in [9.17, 15) is 5.11 Å². The minimum absolute atomic E-state index is 0.284. The van der Waals surface area contributed by atoms with E-state index in [1.54, 1.807) is 0 Å². The van der Waals surface area contributed by atoms with Crippen LogP contribution < -0.4 is 0 Å². The van der Waals surface area contributed by atoms with Crippen molar-refractivity contribution < 1.29 is 5.11 Å². The standard InChI is InChI=1S/C14H25NO/c1-11(2)6-5-8-15-9-7-13(10-15)14(16)12(3)4/h7,9-12,14,16H,5-6,8H2,1-4H3. The van der Waals surface area contributed by atoms with Crippen LogP contribution in [0.5, 0.6) is 0 Å². The number of aromatic nitrogens is 1. The molecule has 1 atom stereocenters. The molecule has 2 heteroatoms. The Hall–Kier alpha value is -0.760. The van der Waals surface area contributed by atoms with E-state index in [1.165, 1.54) is 12.8 Å². The van der Waals surface area contributed by atoms with E-state index in [1.807, 2.05) is 19.9 Å². The average molecular weight is 223 g/mol. The van der Waals surface area contributed by atoms with Crippen LogP contribution in [0.25, 0.3) is 0 Å². The van der Waals surface area contributed by atoms with Crippen LogP contribution in [0.4, 0.5) is 0 Å². The van der Waals surface area contributed by atoms with Gasteiger partial charge in [-0.2, -0.15) is 0 Å². The number of nitrogens with zero attached hydrogens (tertiary/aromatic N) is 1. The molecule has 92 valence electrons. The second kappa shape index (κ2) is 6.09. The zero-order valence-corrected chi connectivity index (χ0v) is 11.0. The number of aliphatic hydroxyl groups is 1. The summed E-state index contributed by atoms with van der Waals surface area (Å²) in [7, 11) is 0. The molecule has 1 rings (SSSR count). The van der Waals surface area contributed by atoms with Crippen molar-refractivity contribution in [3.63, 3.8) is 0 Å². The number of hydrogen-bond donors (Lipinski definition) is 1. The molecular weight excluding hydrogens is 198 g/mol. The second-order valence-electron chi connectivity index (χ2n) is 5.41. The van der Waals surface area contributed by atoms with Gasteiger partial charge in [0.1, 0.15) is 0 Å². The van der Waals surface area contributed by atoms with E-state index in [0.29, 0.717) is 0 Å². The summed E-state index contributed by atoms with van der Waals surface area (Å²) in [4.78, 5) is 0. The minimum atomic E-state index is -0.327. The van der Waals surface area contributed by atoms with Gasteiger partial charge in [0.05, 0.1) is 6.10 Å². The third-order valence-electron chi connectivity index (χ3n) is 2.94. The molecule has 0 bridgehead atoms. The van der Waals surface area contributed by atoms with Gasteiger partial charge in [-0.1, -0.05) is 27.7 Å². The maximum atomic E-state index is 9.91. The summed E-state index contributed by atoms with van der Waals surface area (Å²) in [5, 5.41) is 9.91. The highest BCUT2D eigenvalue weighted by Crippen LogP contribution is 2.21. The lowest BCUT2D eigenvalue weighted by atomic mass is 10.0. The highest BCUT2D eigenvalue weighted by Gasteiger charge is 2.12. The Bertz CT molecular complexity index is 301. The predicted molar refractivity (Wildman–Crippen MR) is 68.3 cm³/mol. The molecule has 0 spiro atoms. The van der Waals surface area contributed by atoms with E-state index in [0.717, 1.165) is 18.0 Å². The molecule has 0 saturated heterocycles. The molecule has 0 aliphatic heterocycles.